The van der Waals surface area contributed by atoms with Gasteiger partial charge >= 0.3 is 5.97 Å². The Morgan fingerprint density at radius 3 is 2.89 bits per heavy atom. The van der Waals surface area contributed by atoms with Crippen LogP contribution in [0.1, 0.15) is 37.3 Å². The van der Waals surface area contributed by atoms with Crippen LogP contribution < -0.4 is 5.73 Å². The Balaban J connectivity index is 2.02. The van der Waals surface area contributed by atoms with Crippen LogP contribution in [0.2, 0.25) is 0 Å². The molecule has 0 saturated heterocycles. The molecule has 0 bridgehead atoms. The number of hydrogen-bond donors (Lipinski definition) is 1. The topological polar surface area (TPSA) is 83.0 Å². The van der Waals surface area contributed by atoms with Crippen molar-refractivity contribution in [3.8, 4) is 0 Å². The van der Waals surface area contributed by atoms with Gasteiger partial charge < -0.3 is 10.5 Å². The smallest absolute Gasteiger partial charge is 0.326 e. The summed E-state index contributed by atoms with van der Waals surface area (Å²) in [4.78, 5) is 16.1. The van der Waals surface area contributed by atoms with E-state index in [2.05, 4.69) is 10.1 Å². The Morgan fingerprint density at radius 1 is 1.58 bits per heavy atom. The molecule has 6 heteroatoms. The summed E-state index contributed by atoms with van der Waals surface area (Å²) in [6.45, 7) is 4.55. The first-order valence-corrected chi connectivity index (χ1v) is 6.72. The Morgan fingerprint density at radius 2 is 2.32 bits per heavy atom. The molecule has 106 valence electrons. The molecule has 1 heterocycles. The predicted molar refractivity (Wildman–Crippen MR) is 70.4 cm³/mol. The highest BCUT2D eigenvalue weighted by Crippen LogP contribution is 2.37. The first-order chi connectivity index (χ1) is 8.97. The SMILES string of the molecule is COC(=O)C1(N)CCCC1CCn1nc(C)nc1C. The van der Waals surface area contributed by atoms with Gasteiger partial charge in [0.05, 0.1) is 7.11 Å². The van der Waals surface area contributed by atoms with Crippen molar-refractivity contribution in [2.45, 2.75) is 51.6 Å². The van der Waals surface area contributed by atoms with Crippen molar-refractivity contribution in [3.05, 3.63) is 11.6 Å². The van der Waals surface area contributed by atoms with Crippen molar-refractivity contribution in [2.24, 2.45) is 11.7 Å². The van der Waals surface area contributed by atoms with Crippen LogP contribution in [-0.4, -0.2) is 33.4 Å². The molecular formula is C13H22N4O2. The zero-order valence-corrected chi connectivity index (χ0v) is 11.8. The van der Waals surface area contributed by atoms with Gasteiger partial charge in [-0.15, -0.1) is 0 Å². The molecule has 0 spiro atoms. The molecular weight excluding hydrogens is 244 g/mol. The van der Waals surface area contributed by atoms with E-state index in [0.717, 1.165) is 37.5 Å². The van der Waals surface area contributed by atoms with E-state index in [1.807, 2.05) is 18.5 Å². The summed E-state index contributed by atoms with van der Waals surface area (Å²) in [7, 11) is 1.40. The number of aromatic nitrogens is 3. The third-order valence-electron chi connectivity index (χ3n) is 4.09. The number of methoxy groups -OCH3 is 1. The molecule has 1 fully saturated rings. The summed E-state index contributed by atoms with van der Waals surface area (Å²) in [5.74, 6) is 1.54. The lowest BCUT2D eigenvalue weighted by Crippen LogP contribution is -2.51. The maximum absolute atomic E-state index is 11.8. The van der Waals surface area contributed by atoms with E-state index >= 15 is 0 Å². The zero-order chi connectivity index (χ0) is 14.0. The minimum absolute atomic E-state index is 0.156. The molecule has 1 aromatic heterocycles. The summed E-state index contributed by atoms with van der Waals surface area (Å²) in [5, 5.41) is 4.33. The molecule has 19 heavy (non-hydrogen) atoms. The van der Waals surface area contributed by atoms with Crippen LogP contribution in [0.4, 0.5) is 0 Å². The fourth-order valence-corrected chi connectivity index (χ4v) is 3.01. The van der Waals surface area contributed by atoms with Gasteiger partial charge in [-0.3, -0.25) is 9.48 Å². The van der Waals surface area contributed by atoms with E-state index in [0.29, 0.717) is 6.42 Å². The second-order valence-corrected chi connectivity index (χ2v) is 5.34. The van der Waals surface area contributed by atoms with E-state index in [1.54, 1.807) is 0 Å². The molecule has 0 aliphatic heterocycles. The second-order valence-electron chi connectivity index (χ2n) is 5.34. The van der Waals surface area contributed by atoms with Crippen molar-refractivity contribution in [2.75, 3.05) is 7.11 Å². The molecule has 0 amide bonds. The van der Waals surface area contributed by atoms with Gasteiger partial charge in [0.1, 0.15) is 17.2 Å². The van der Waals surface area contributed by atoms with Gasteiger partial charge in [-0.25, -0.2) is 4.98 Å². The highest BCUT2D eigenvalue weighted by atomic mass is 16.5. The maximum Gasteiger partial charge on any atom is 0.326 e. The van der Waals surface area contributed by atoms with Crippen molar-refractivity contribution < 1.29 is 9.53 Å². The van der Waals surface area contributed by atoms with Gasteiger partial charge in [0.25, 0.3) is 0 Å². The van der Waals surface area contributed by atoms with Crippen LogP contribution in [0.15, 0.2) is 0 Å². The monoisotopic (exact) mass is 266 g/mol. The van der Waals surface area contributed by atoms with Crippen LogP contribution in [0.3, 0.4) is 0 Å². The molecule has 2 atom stereocenters. The second kappa shape index (κ2) is 5.28. The number of hydrogen-bond acceptors (Lipinski definition) is 5. The Kier molecular flexibility index (Phi) is 3.89. The van der Waals surface area contributed by atoms with E-state index < -0.39 is 5.54 Å². The summed E-state index contributed by atoms with van der Waals surface area (Å²) in [6.07, 6.45) is 3.49. The van der Waals surface area contributed by atoms with Crippen LogP contribution in [0.25, 0.3) is 0 Å². The molecule has 0 radical (unpaired) electrons. The normalized spacial score (nSPS) is 26.6. The Bertz CT molecular complexity index is 471. The number of aryl methyl sites for hydroxylation is 3. The van der Waals surface area contributed by atoms with Gasteiger partial charge in [-0.05, 0) is 39.0 Å². The van der Waals surface area contributed by atoms with Gasteiger partial charge in [0.15, 0.2) is 0 Å². The summed E-state index contributed by atoms with van der Waals surface area (Å²) in [6, 6.07) is 0. The number of carbonyl (C=O) groups is 1. The molecule has 6 nitrogen and oxygen atoms in total. The van der Waals surface area contributed by atoms with Crippen molar-refractivity contribution in [3.63, 3.8) is 0 Å². The molecule has 1 aromatic rings. The summed E-state index contributed by atoms with van der Waals surface area (Å²) >= 11 is 0. The zero-order valence-electron chi connectivity index (χ0n) is 11.8. The molecule has 1 aliphatic carbocycles. The highest BCUT2D eigenvalue weighted by Gasteiger charge is 2.46. The molecule has 1 saturated carbocycles. The fraction of sp³-hybridized carbons (Fsp3) is 0.769. The van der Waals surface area contributed by atoms with E-state index in [1.165, 1.54) is 7.11 Å². The number of rotatable bonds is 4. The Hall–Kier alpha value is -1.43. The van der Waals surface area contributed by atoms with Gasteiger partial charge in [0.2, 0.25) is 0 Å². The van der Waals surface area contributed by atoms with E-state index in [9.17, 15) is 4.79 Å². The molecule has 0 aromatic carbocycles. The average molecular weight is 266 g/mol. The van der Waals surface area contributed by atoms with Crippen LogP contribution in [0, 0.1) is 19.8 Å². The summed E-state index contributed by atoms with van der Waals surface area (Å²) < 4.78 is 6.73. The quantitative estimate of drug-likeness (QED) is 0.821. The van der Waals surface area contributed by atoms with Gasteiger partial charge in [0, 0.05) is 6.54 Å². The molecule has 2 unspecified atom stereocenters. The van der Waals surface area contributed by atoms with Crippen molar-refractivity contribution in [1.29, 1.82) is 0 Å². The molecule has 2 rings (SSSR count). The first-order valence-electron chi connectivity index (χ1n) is 6.72. The highest BCUT2D eigenvalue weighted by molar-refractivity contribution is 5.81. The largest absolute Gasteiger partial charge is 0.468 e. The number of nitrogens with zero attached hydrogens (tertiary/aromatic N) is 3. The number of ether oxygens (including phenoxy) is 1. The van der Waals surface area contributed by atoms with E-state index in [4.69, 9.17) is 10.5 Å². The number of esters is 1. The lowest BCUT2D eigenvalue weighted by atomic mass is 9.85. The number of nitrogens with two attached hydrogens (primary N) is 1. The predicted octanol–water partition coefficient (Wildman–Crippen LogP) is 0.956. The minimum atomic E-state index is -0.821. The first kappa shape index (κ1) is 14.0. The Labute approximate surface area is 113 Å². The van der Waals surface area contributed by atoms with Crippen molar-refractivity contribution >= 4 is 5.97 Å². The van der Waals surface area contributed by atoms with Gasteiger partial charge in [-0.1, -0.05) is 6.42 Å². The maximum atomic E-state index is 11.8. The lowest BCUT2D eigenvalue weighted by Gasteiger charge is -2.28. The van der Waals surface area contributed by atoms with Crippen molar-refractivity contribution in [1.82, 2.24) is 14.8 Å². The summed E-state index contributed by atoms with van der Waals surface area (Å²) in [5.41, 5.74) is 5.42. The molecule has 2 N–H and O–H groups in total. The van der Waals surface area contributed by atoms with E-state index in [-0.39, 0.29) is 11.9 Å². The standard InChI is InChI=1S/C13H22N4O2/c1-9-15-10(2)17(16-9)8-6-11-5-4-7-13(11,14)12(18)19-3/h11H,4-8,14H2,1-3H3. The fourth-order valence-electron chi connectivity index (χ4n) is 3.01. The van der Waals surface area contributed by atoms with Crippen LogP contribution in [-0.2, 0) is 16.1 Å². The van der Waals surface area contributed by atoms with Gasteiger partial charge in [-0.2, -0.15) is 5.10 Å². The third kappa shape index (κ3) is 2.63. The lowest BCUT2D eigenvalue weighted by molar-refractivity contribution is -0.148. The molecule has 1 aliphatic rings. The van der Waals surface area contributed by atoms with Crippen LogP contribution >= 0.6 is 0 Å². The third-order valence-corrected chi connectivity index (χ3v) is 4.09. The minimum Gasteiger partial charge on any atom is -0.468 e. The number of carbonyl (C=O) groups excluding carboxylic acids is 1. The van der Waals surface area contributed by atoms with Crippen LogP contribution in [0.5, 0.6) is 0 Å². The average Bonchev–Trinajstić information content (AvgIpc) is 2.90.